The zero-order valence-electron chi connectivity index (χ0n) is 14.6. The molecule has 0 radical (unpaired) electrons. The molecule has 3 rings (SSSR count). The zero-order chi connectivity index (χ0) is 18.9. The number of hydrogen-bond donors (Lipinski definition) is 1. The fourth-order valence-electron chi connectivity index (χ4n) is 2.40. The lowest BCUT2D eigenvalue weighted by atomic mass is 10.1. The van der Waals surface area contributed by atoms with Gasteiger partial charge in [0.05, 0.1) is 12.6 Å². The molecule has 0 aliphatic rings. The number of halogens is 1. The van der Waals surface area contributed by atoms with Gasteiger partial charge < -0.3 is 4.74 Å². The van der Waals surface area contributed by atoms with Crippen LogP contribution in [-0.4, -0.2) is 12.1 Å². The molecule has 4 nitrogen and oxygen atoms in total. The van der Waals surface area contributed by atoms with Crippen LogP contribution in [0.1, 0.15) is 16.7 Å². The fourth-order valence-corrected chi connectivity index (χ4v) is 2.52. The molecule has 136 valence electrons. The van der Waals surface area contributed by atoms with E-state index < -0.39 is 0 Å². The minimum atomic E-state index is -0.184. The summed E-state index contributed by atoms with van der Waals surface area (Å²) in [6.07, 6.45) is 1.85. The molecule has 0 bridgehead atoms. The summed E-state index contributed by atoms with van der Waals surface area (Å²) in [7, 11) is 0. The summed E-state index contributed by atoms with van der Waals surface area (Å²) in [6.45, 7) is 0.523. The molecular weight excluding hydrogens is 360 g/mol. The molecule has 0 saturated carbocycles. The van der Waals surface area contributed by atoms with Crippen molar-refractivity contribution in [1.82, 2.24) is 5.43 Å². The van der Waals surface area contributed by atoms with Crippen LogP contribution in [0, 0.1) is 0 Å². The first kappa shape index (κ1) is 18.7. The van der Waals surface area contributed by atoms with Crippen LogP contribution in [0.5, 0.6) is 5.75 Å². The van der Waals surface area contributed by atoms with Crippen molar-refractivity contribution >= 4 is 23.7 Å². The van der Waals surface area contributed by atoms with E-state index in [9.17, 15) is 4.79 Å². The van der Waals surface area contributed by atoms with Crippen LogP contribution < -0.4 is 10.2 Å². The topological polar surface area (TPSA) is 50.7 Å². The van der Waals surface area contributed by atoms with Crippen LogP contribution in [0.2, 0.25) is 5.02 Å². The third-order valence-electron chi connectivity index (χ3n) is 3.81. The molecule has 0 fully saturated rings. The van der Waals surface area contributed by atoms with Crippen molar-refractivity contribution < 1.29 is 9.53 Å². The Balaban J connectivity index is 1.46. The summed E-state index contributed by atoms with van der Waals surface area (Å²) >= 11 is 5.83. The van der Waals surface area contributed by atoms with Crippen molar-refractivity contribution in [1.29, 1.82) is 0 Å². The van der Waals surface area contributed by atoms with Crippen LogP contribution in [-0.2, 0) is 17.8 Å². The molecule has 27 heavy (non-hydrogen) atoms. The molecule has 0 aliphatic heterocycles. The van der Waals surface area contributed by atoms with E-state index in [2.05, 4.69) is 10.5 Å². The van der Waals surface area contributed by atoms with Crippen LogP contribution in [0.15, 0.2) is 84.0 Å². The minimum absolute atomic E-state index is 0.184. The van der Waals surface area contributed by atoms with E-state index >= 15 is 0 Å². The molecule has 3 aromatic carbocycles. The van der Waals surface area contributed by atoms with E-state index in [0.717, 1.165) is 22.4 Å². The van der Waals surface area contributed by atoms with E-state index in [4.69, 9.17) is 16.3 Å². The Hall–Kier alpha value is -3.11. The molecule has 0 aliphatic carbocycles. The highest BCUT2D eigenvalue weighted by molar-refractivity contribution is 6.30. The van der Waals surface area contributed by atoms with Gasteiger partial charge in [-0.3, -0.25) is 4.79 Å². The second-order valence-corrected chi connectivity index (χ2v) is 6.38. The Morgan fingerprint density at radius 1 is 0.926 bits per heavy atom. The van der Waals surface area contributed by atoms with Crippen LogP contribution in [0.25, 0.3) is 0 Å². The van der Waals surface area contributed by atoms with E-state index in [0.29, 0.717) is 11.6 Å². The molecule has 0 spiro atoms. The van der Waals surface area contributed by atoms with Gasteiger partial charge in [-0.25, -0.2) is 5.43 Å². The number of benzene rings is 3. The maximum absolute atomic E-state index is 11.9. The number of ether oxygens (including phenoxy) is 1. The highest BCUT2D eigenvalue weighted by Crippen LogP contribution is 2.13. The second kappa shape index (κ2) is 9.55. The molecule has 0 unspecified atom stereocenters. The standard InChI is InChI=1S/C22H19ClN2O2/c23-20-10-6-17(7-11-20)14-22(26)25-24-15-18-8-12-21(13-9-18)27-16-19-4-2-1-3-5-19/h1-13,15H,14,16H2,(H,25,26). The van der Waals surface area contributed by atoms with Gasteiger partial charge in [0.25, 0.3) is 0 Å². The molecule has 3 aromatic rings. The molecule has 0 atom stereocenters. The van der Waals surface area contributed by atoms with Crippen molar-refractivity contribution in [2.24, 2.45) is 5.10 Å². The van der Waals surface area contributed by atoms with Gasteiger partial charge in [0.2, 0.25) is 5.91 Å². The molecule has 0 aromatic heterocycles. The minimum Gasteiger partial charge on any atom is -0.489 e. The maximum atomic E-state index is 11.9. The Bertz CT molecular complexity index is 892. The molecule has 0 saturated heterocycles. The molecule has 1 N–H and O–H groups in total. The number of rotatable bonds is 7. The zero-order valence-corrected chi connectivity index (χ0v) is 15.4. The van der Waals surface area contributed by atoms with E-state index in [1.54, 1.807) is 18.3 Å². The van der Waals surface area contributed by atoms with Gasteiger partial charge in [0.15, 0.2) is 0 Å². The largest absolute Gasteiger partial charge is 0.489 e. The van der Waals surface area contributed by atoms with Gasteiger partial charge in [-0.15, -0.1) is 0 Å². The number of amides is 1. The highest BCUT2D eigenvalue weighted by Gasteiger charge is 2.02. The third-order valence-corrected chi connectivity index (χ3v) is 4.06. The fraction of sp³-hybridized carbons (Fsp3) is 0.0909. The smallest absolute Gasteiger partial charge is 0.244 e. The summed E-state index contributed by atoms with van der Waals surface area (Å²) in [4.78, 5) is 11.9. The first-order valence-electron chi connectivity index (χ1n) is 8.52. The number of hydrogen-bond acceptors (Lipinski definition) is 3. The number of nitrogens with one attached hydrogen (secondary N) is 1. The van der Waals surface area contributed by atoms with Gasteiger partial charge in [0.1, 0.15) is 12.4 Å². The van der Waals surface area contributed by atoms with Crippen molar-refractivity contribution in [2.75, 3.05) is 0 Å². The second-order valence-electron chi connectivity index (χ2n) is 5.94. The number of carbonyl (C=O) groups is 1. The summed E-state index contributed by atoms with van der Waals surface area (Å²) in [5.41, 5.74) is 5.39. The molecular formula is C22H19ClN2O2. The Morgan fingerprint density at radius 2 is 1.63 bits per heavy atom. The van der Waals surface area contributed by atoms with Crippen LogP contribution >= 0.6 is 11.6 Å². The summed E-state index contributed by atoms with van der Waals surface area (Å²) in [5, 5.41) is 4.63. The monoisotopic (exact) mass is 378 g/mol. The number of nitrogens with zero attached hydrogens (tertiary/aromatic N) is 1. The Kier molecular flexibility index (Phi) is 6.61. The number of hydrazone groups is 1. The first-order chi connectivity index (χ1) is 13.2. The first-order valence-corrected chi connectivity index (χ1v) is 8.90. The quantitative estimate of drug-likeness (QED) is 0.482. The van der Waals surface area contributed by atoms with Gasteiger partial charge in [-0.2, -0.15) is 5.10 Å². The van der Waals surface area contributed by atoms with Gasteiger partial charge in [-0.05, 0) is 53.1 Å². The average Bonchev–Trinajstić information content (AvgIpc) is 2.70. The summed E-state index contributed by atoms with van der Waals surface area (Å²) in [6, 6.07) is 24.7. The predicted molar refractivity (Wildman–Crippen MR) is 108 cm³/mol. The van der Waals surface area contributed by atoms with Crippen LogP contribution in [0.4, 0.5) is 0 Å². The van der Waals surface area contributed by atoms with Crippen LogP contribution in [0.3, 0.4) is 0 Å². The lowest BCUT2D eigenvalue weighted by Crippen LogP contribution is -2.19. The van der Waals surface area contributed by atoms with Gasteiger partial charge >= 0.3 is 0 Å². The Morgan fingerprint density at radius 3 is 2.33 bits per heavy atom. The van der Waals surface area contributed by atoms with Gasteiger partial charge in [-0.1, -0.05) is 54.1 Å². The SMILES string of the molecule is O=C(Cc1ccc(Cl)cc1)NN=Cc1ccc(OCc2ccccc2)cc1. The van der Waals surface area contributed by atoms with Crippen molar-refractivity contribution in [3.05, 3.63) is 101 Å². The van der Waals surface area contributed by atoms with Crippen molar-refractivity contribution in [2.45, 2.75) is 13.0 Å². The van der Waals surface area contributed by atoms with Gasteiger partial charge in [0, 0.05) is 5.02 Å². The number of carbonyl (C=O) groups excluding carboxylic acids is 1. The van der Waals surface area contributed by atoms with Crippen molar-refractivity contribution in [3.63, 3.8) is 0 Å². The van der Waals surface area contributed by atoms with E-state index in [1.807, 2.05) is 66.7 Å². The Labute approximate surface area is 163 Å². The molecule has 1 amide bonds. The third kappa shape index (κ3) is 6.28. The normalized spacial score (nSPS) is 10.7. The summed E-state index contributed by atoms with van der Waals surface area (Å²) < 4.78 is 5.74. The average molecular weight is 379 g/mol. The lowest BCUT2D eigenvalue weighted by molar-refractivity contribution is -0.120. The van der Waals surface area contributed by atoms with Crippen molar-refractivity contribution in [3.8, 4) is 5.75 Å². The molecule has 5 heteroatoms. The summed E-state index contributed by atoms with van der Waals surface area (Å²) in [5.74, 6) is 0.596. The van der Waals surface area contributed by atoms with E-state index in [1.165, 1.54) is 0 Å². The maximum Gasteiger partial charge on any atom is 0.244 e. The molecule has 0 heterocycles. The highest BCUT2D eigenvalue weighted by atomic mass is 35.5. The predicted octanol–water partition coefficient (Wildman–Crippen LogP) is 4.61. The lowest BCUT2D eigenvalue weighted by Gasteiger charge is -2.06. The van der Waals surface area contributed by atoms with E-state index in [-0.39, 0.29) is 12.3 Å².